The van der Waals surface area contributed by atoms with Gasteiger partial charge in [-0.3, -0.25) is 0 Å². The van der Waals surface area contributed by atoms with Gasteiger partial charge >= 0.3 is 18.3 Å². The van der Waals surface area contributed by atoms with Crippen LogP contribution in [0.2, 0.25) is 0 Å². The standard InChI is InChI=1S/C26H28F3N5O3/c1-2-37-25(36)34-22-8-4-7-21(19(22)15-31-34)32-24(35)30-14-16-9-12-23(20(13-16)26(27,28)29)33-17-5-3-6-18(33)11-10-17/h4,7-9,12-13,15,17-18H,2-3,5-6,10-11,14H2,1H3,(H2,30,32,35). The van der Waals surface area contributed by atoms with Crippen LogP contribution in [0.5, 0.6) is 0 Å². The molecule has 2 aromatic carbocycles. The van der Waals surface area contributed by atoms with Crippen molar-refractivity contribution in [2.24, 2.45) is 0 Å². The number of piperidine rings is 1. The van der Waals surface area contributed by atoms with E-state index in [1.807, 2.05) is 4.90 Å². The number of amides is 2. The van der Waals surface area contributed by atoms with Crippen LogP contribution in [-0.2, 0) is 17.5 Å². The number of alkyl halides is 3. The molecule has 0 radical (unpaired) electrons. The highest BCUT2D eigenvalue weighted by atomic mass is 19.4. The average Bonchev–Trinajstić information content (AvgIpc) is 3.40. The van der Waals surface area contributed by atoms with E-state index in [9.17, 15) is 22.8 Å². The Morgan fingerprint density at radius 3 is 2.57 bits per heavy atom. The molecule has 2 bridgehead atoms. The number of benzene rings is 2. The third kappa shape index (κ3) is 4.94. The van der Waals surface area contributed by atoms with Gasteiger partial charge in [-0.05, 0) is 68.9 Å². The van der Waals surface area contributed by atoms with E-state index in [1.54, 1.807) is 37.3 Å². The van der Waals surface area contributed by atoms with Crippen molar-refractivity contribution >= 4 is 34.4 Å². The van der Waals surface area contributed by atoms with Crippen LogP contribution < -0.4 is 15.5 Å². The number of anilines is 2. The Labute approximate surface area is 211 Å². The normalized spacial score (nSPS) is 19.2. The fraction of sp³-hybridized carbons (Fsp3) is 0.423. The van der Waals surface area contributed by atoms with Crippen LogP contribution >= 0.6 is 0 Å². The molecule has 3 heterocycles. The number of nitrogens with zero attached hydrogens (tertiary/aromatic N) is 3. The summed E-state index contributed by atoms with van der Waals surface area (Å²) in [6.45, 7) is 1.79. The maximum absolute atomic E-state index is 14.0. The van der Waals surface area contributed by atoms with Crippen LogP contribution in [0.25, 0.3) is 10.9 Å². The number of fused-ring (bicyclic) bond motifs is 3. The van der Waals surface area contributed by atoms with Crippen LogP contribution in [-0.4, -0.2) is 40.6 Å². The van der Waals surface area contributed by atoms with Gasteiger partial charge in [-0.15, -0.1) is 0 Å². The fourth-order valence-corrected chi connectivity index (χ4v) is 5.49. The minimum atomic E-state index is -4.50. The minimum Gasteiger partial charge on any atom is -0.448 e. The highest BCUT2D eigenvalue weighted by molar-refractivity contribution is 6.02. The zero-order chi connectivity index (χ0) is 26.2. The number of nitrogens with one attached hydrogen (secondary N) is 2. The third-order valence-corrected chi connectivity index (χ3v) is 7.09. The summed E-state index contributed by atoms with van der Waals surface area (Å²) < 4.78 is 48.2. The first-order chi connectivity index (χ1) is 17.8. The van der Waals surface area contributed by atoms with E-state index in [1.165, 1.54) is 6.20 Å². The number of hydrogen-bond donors (Lipinski definition) is 2. The fourth-order valence-electron chi connectivity index (χ4n) is 5.49. The Morgan fingerprint density at radius 1 is 1.11 bits per heavy atom. The molecule has 2 amide bonds. The molecule has 2 N–H and O–H groups in total. The van der Waals surface area contributed by atoms with Crippen molar-refractivity contribution in [3.63, 3.8) is 0 Å². The van der Waals surface area contributed by atoms with Gasteiger partial charge < -0.3 is 20.3 Å². The highest BCUT2D eigenvalue weighted by Crippen LogP contribution is 2.45. The highest BCUT2D eigenvalue weighted by Gasteiger charge is 2.42. The lowest BCUT2D eigenvalue weighted by Gasteiger charge is -2.38. The second-order valence-electron chi connectivity index (χ2n) is 9.37. The van der Waals surface area contributed by atoms with Gasteiger partial charge in [0, 0.05) is 29.7 Å². The number of halogens is 3. The van der Waals surface area contributed by atoms with Crippen LogP contribution in [0.15, 0.2) is 42.6 Å². The van der Waals surface area contributed by atoms with E-state index in [2.05, 4.69) is 15.7 Å². The van der Waals surface area contributed by atoms with Gasteiger partial charge in [0.1, 0.15) is 0 Å². The number of rotatable bonds is 5. The maximum Gasteiger partial charge on any atom is 0.435 e. The predicted octanol–water partition coefficient (Wildman–Crippen LogP) is 5.90. The summed E-state index contributed by atoms with van der Waals surface area (Å²) in [6, 6.07) is 8.99. The summed E-state index contributed by atoms with van der Waals surface area (Å²) in [5.74, 6) is 0. The average molecular weight is 516 g/mol. The van der Waals surface area contributed by atoms with Crippen molar-refractivity contribution in [2.45, 2.75) is 63.8 Å². The van der Waals surface area contributed by atoms with Crippen LogP contribution in [0, 0.1) is 0 Å². The predicted molar refractivity (Wildman–Crippen MR) is 133 cm³/mol. The lowest BCUT2D eigenvalue weighted by atomic mass is 9.99. The Balaban J connectivity index is 1.30. The molecular weight excluding hydrogens is 487 g/mol. The summed E-state index contributed by atoms with van der Waals surface area (Å²) in [4.78, 5) is 26.6. The number of hydrogen-bond acceptors (Lipinski definition) is 5. The van der Waals surface area contributed by atoms with Gasteiger partial charge in [0.15, 0.2) is 0 Å². The number of carbonyl (C=O) groups excluding carboxylic acids is 2. The zero-order valence-electron chi connectivity index (χ0n) is 20.3. The smallest absolute Gasteiger partial charge is 0.435 e. The summed E-state index contributed by atoms with van der Waals surface area (Å²) in [5, 5.41) is 9.85. The summed E-state index contributed by atoms with van der Waals surface area (Å²) in [7, 11) is 0. The Kier molecular flexibility index (Phi) is 6.70. The third-order valence-electron chi connectivity index (χ3n) is 7.09. The molecule has 2 fully saturated rings. The second kappa shape index (κ2) is 9.95. The van der Waals surface area contributed by atoms with Crippen LogP contribution in [0.3, 0.4) is 0 Å². The number of urea groups is 1. The molecule has 8 nitrogen and oxygen atoms in total. The lowest BCUT2D eigenvalue weighted by Crippen LogP contribution is -2.40. The van der Waals surface area contributed by atoms with E-state index >= 15 is 0 Å². The van der Waals surface area contributed by atoms with Gasteiger partial charge in [-0.1, -0.05) is 12.1 Å². The molecule has 0 spiro atoms. The minimum absolute atomic E-state index is 0.0832. The number of aromatic nitrogens is 2. The molecule has 1 aromatic heterocycles. The van der Waals surface area contributed by atoms with Crippen molar-refractivity contribution in [3.8, 4) is 0 Å². The lowest BCUT2D eigenvalue weighted by molar-refractivity contribution is -0.137. The summed E-state index contributed by atoms with van der Waals surface area (Å²) in [6.07, 6.45) is 1.05. The van der Waals surface area contributed by atoms with E-state index in [0.717, 1.165) is 42.9 Å². The molecule has 3 aromatic rings. The first-order valence-electron chi connectivity index (χ1n) is 12.4. The number of ether oxygens (including phenoxy) is 1. The summed E-state index contributed by atoms with van der Waals surface area (Å²) >= 11 is 0. The molecule has 2 aliphatic rings. The molecular formula is C26H28F3N5O3. The molecule has 2 saturated heterocycles. The van der Waals surface area contributed by atoms with Gasteiger partial charge in [-0.25, -0.2) is 9.59 Å². The summed E-state index contributed by atoms with van der Waals surface area (Å²) in [5.41, 5.74) is 0.773. The van der Waals surface area contributed by atoms with Crippen LogP contribution in [0.1, 0.15) is 50.2 Å². The van der Waals surface area contributed by atoms with Crippen molar-refractivity contribution in [1.29, 1.82) is 0 Å². The van der Waals surface area contributed by atoms with Gasteiger partial charge in [-0.2, -0.15) is 23.0 Å². The molecule has 37 heavy (non-hydrogen) atoms. The van der Waals surface area contributed by atoms with E-state index in [0.29, 0.717) is 22.2 Å². The van der Waals surface area contributed by atoms with Crippen LogP contribution in [0.4, 0.5) is 34.1 Å². The SMILES string of the molecule is CCOC(=O)n1ncc2c(NC(=O)NCc3ccc(N4C5CCCC4CC5)c(C(F)(F)F)c3)cccc21. The van der Waals surface area contributed by atoms with E-state index in [-0.39, 0.29) is 30.9 Å². The topological polar surface area (TPSA) is 88.5 Å². The van der Waals surface area contributed by atoms with E-state index < -0.39 is 23.9 Å². The maximum atomic E-state index is 14.0. The van der Waals surface area contributed by atoms with Crippen molar-refractivity contribution in [2.75, 3.05) is 16.8 Å². The van der Waals surface area contributed by atoms with Crippen molar-refractivity contribution in [3.05, 3.63) is 53.7 Å². The molecule has 2 aliphatic heterocycles. The molecule has 5 rings (SSSR count). The largest absolute Gasteiger partial charge is 0.448 e. The first-order valence-corrected chi connectivity index (χ1v) is 12.4. The Hall–Kier alpha value is -3.76. The first kappa shape index (κ1) is 24.9. The second-order valence-corrected chi connectivity index (χ2v) is 9.37. The van der Waals surface area contributed by atoms with Gasteiger partial charge in [0.05, 0.1) is 29.6 Å². The molecule has 11 heteroatoms. The number of carbonyl (C=O) groups is 2. The van der Waals surface area contributed by atoms with Crippen molar-refractivity contribution < 1.29 is 27.5 Å². The molecule has 2 unspecified atom stereocenters. The Morgan fingerprint density at radius 2 is 1.86 bits per heavy atom. The molecule has 0 aliphatic carbocycles. The molecule has 196 valence electrons. The van der Waals surface area contributed by atoms with E-state index in [4.69, 9.17) is 4.74 Å². The monoisotopic (exact) mass is 515 g/mol. The van der Waals surface area contributed by atoms with Crippen molar-refractivity contribution in [1.82, 2.24) is 15.1 Å². The van der Waals surface area contributed by atoms with Gasteiger partial charge in [0.2, 0.25) is 0 Å². The van der Waals surface area contributed by atoms with Gasteiger partial charge in [0.25, 0.3) is 0 Å². The Bertz CT molecular complexity index is 1310. The molecule has 0 saturated carbocycles. The molecule has 2 atom stereocenters. The quantitative estimate of drug-likeness (QED) is 0.442. The zero-order valence-corrected chi connectivity index (χ0v) is 20.3.